The van der Waals surface area contributed by atoms with Crippen LogP contribution in [0.5, 0.6) is 11.6 Å². The number of nitrogens with zero attached hydrogens (tertiary/aromatic N) is 2. The molecular weight excluding hydrogens is 483 g/mol. The number of nitriles is 1. The Labute approximate surface area is 214 Å². The minimum Gasteiger partial charge on any atom is -0.497 e. The smallest absolute Gasteiger partial charge is 0.416 e. The molecule has 2 aromatic carbocycles. The molecule has 1 aromatic heterocycles. The van der Waals surface area contributed by atoms with E-state index in [0.29, 0.717) is 12.0 Å². The fourth-order valence-electron chi connectivity index (χ4n) is 3.87. The summed E-state index contributed by atoms with van der Waals surface area (Å²) < 4.78 is 50.0. The van der Waals surface area contributed by atoms with Crippen molar-refractivity contribution in [2.24, 2.45) is 0 Å². The predicted octanol–water partition coefficient (Wildman–Crippen LogP) is 5.67. The number of hydrogen-bond acceptors (Lipinski definition) is 5. The van der Waals surface area contributed by atoms with Crippen molar-refractivity contribution in [1.82, 2.24) is 10.3 Å². The Balaban J connectivity index is 1.82. The summed E-state index contributed by atoms with van der Waals surface area (Å²) in [4.78, 5) is 17.0. The van der Waals surface area contributed by atoms with Crippen LogP contribution in [0.15, 0.2) is 66.9 Å². The van der Waals surface area contributed by atoms with Gasteiger partial charge >= 0.3 is 6.18 Å². The molecule has 0 fully saturated rings. The van der Waals surface area contributed by atoms with Crippen molar-refractivity contribution < 1.29 is 27.4 Å². The van der Waals surface area contributed by atoms with Crippen LogP contribution in [0, 0.1) is 11.3 Å². The lowest BCUT2D eigenvalue weighted by Gasteiger charge is -2.31. The third-order valence-electron chi connectivity index (χ3n) is 5.99. The van der Waals surface area contributed by atoms with Crippen molar-refractivity contribution in [3.63, 3.8) is 0 Å². The number of rotatable bonds is 9. The van der Waals surface area contributed by atoms with E-state index in [9.17, 15) is 23.2 Å². The molecule has 9 heteroatoms. The maximum absolute atomic E-state index is 13.2. The van der Waals surface area contributed by atoms with Gasteiger partial charge < -0.3 is 14.8 Å². The molecule has 1 heterocycles. The van der Waals surface area contributed by atoms with Crippen molar-refractivity contribution in [2.75, 3.05) is 7.11 Å². The predicted molar refractivity (Wildman–Crippen MR) is 132 cm³/mol. The molecule has 6 nitrogen and oxygen atoms in total. The molecule has 1 N–H and O–H groups in total. The van der Waals surface area contributed by atoms with E-state index < -0.39 is 29.3 Å². The van der Waals surface area contributed by atoms with Crippen LogP contribution in [0.4, 0.5) is 13.2 Å². The standard InChI is InChI=1S/C28H28F3N3O3/c1-18(34-26(35)27(2,3)37-25-16-22(12-13-33-25)28(29,30)31)24(21-7-5-6-20(14-21)17-32)15-19-8-10-23(36-4)11-9-19/h5-14,16,18,24H,15H2,1-4H3,(H,34,35). The lowest BCUT2D eigenvalue weighted by atomic mass is 9.85. The van der Waals surface area contributed by atoms with Crippen LogP contribution in [-0.4, -0.2) is 29.6 Å². The van der Waals surface area contributed by atoms with Crippen LogP contribution < -0.4 is 14.8 Å². The van der Waals surface area contributed by atoms with Crippen LogP contribution in [0.25, 0.3) is 0 Å². The van der Waals surface area contributed by atoms with E-state index >= 15 is 0 Å². The zero-order valence-corrected chi connectivity index (χ0v) is 21.0. The number of benzene rings is 2. The molecule has 0 bridgehead atoms. The number of nitrogens with one attached hydrogen (secondary N) is 1. The summed E-state index contributed by atoms with van der Waals surface area (Å²) in [5.41, 5.74) is -0.0714. The van der Waals surface area contributed by atoms with Gasteiger partial charge in [-0.15, -0.1) is 0 Å². The van der Waals surface area contributed by atoms with E-state index in [1.54, 1.807) is 25.3 Å². The summed E-state index contributed by atoms with van der Waals surface area (Å²) in [6, 6.07) is 18.0. The van der Waals surface area contributed by atoms with Crippen LogP contribution in [-0.2, 0) is 17.4 Å². The number of hydrogen-bond donors (Lipinski definition) is 1. The van der Waals surface area contributed by atoms with Gasteiger partial charge in [-0.05, 0) is 68.7 Å². The number of carbonyl (C=O) groups excluding carboxylic acids is 1. The van der Waals surface area contributed by atoms with E-state index in [1.165, 1.54) is 13.8 Å². The molecule has 1 amide bonds. The van der Waals surface area contributed by atoms with Gasteiger partial charge in [0.2, 0.25) is 5.88 Å². The van der Waals surface area contributed by atoms with Gasteiger partial charge in [0.25, 0.3) is 5.91 Å². The molecule has 0 aliphatic heterocycles. The molecule has 0 spiro atoms. The number of carbonyl (C=O) groups is 1. The molecule has 0 saturated heterocycles. The van der Waals surface area contributed by atoms with E-state index in [0.717, 1.165) is 35.2 Å². The Morgan fingerprint density at radius 1 is 1.11 bits per heavy atom. The Bertz CT molecular complexity index is 1270. The van der Waals surface area contributed by atoms with Crippen molar-refractivity contribution >= 4 is 5.91 Å². The first kappa shape index (κ1) is 27.5. The van der Waals surface area contributed by atoms with Gasteiger partial charge in [0.15, 0.2) is 5.60 Å². The number of aromatic nitrogens is 1. The quantitative estimate of drug-likeness (QED) is 0.400. The fourth-order valence-corrected chi connectivity index (χ4v) is 3.87. The minimum absolute atomic E-state index is 0.215. The van der Waals surface area contributed by atoms with E-state index in [2.05, 4.69) is 16.4 Å². The highest BCUT2D eigenvalue weighted by molar-refractivity contribution is 5.85. The zero-order valence-electron chi connectivity index (χ0n) is 21.0. The zero-order chi connectivity index (χ0) is 27.2. The number of alkyl halides is 3. The molecule has 3 rings (SSSR count). The second-order valence-corrected chi connectivity index (χ2v) is 9.15. The van der Waals surface area contributed by atoms with Gasteiger partial charge in [0.1, 0.15) is 5.75 Å². The number of pyridine rings is 1. The lowest BCUT2D eigenvalue weighted by molar-refractivity contribution is -0.138. The summed E-state index contributed by atoms with van der Waals surface area (Å²) in [6.07, 6.45) is -3.02. The summed E-state index contributed by atoms with van der Waals surface area (Å²) in [5, 5.41) is 12.3. The normalized spacial score (nSPS) is 13.2. The minimum atomic E-state index is -4.56. The molecule has 0 aliphatic rings. The second-order valence-electron chi connectivity index (χ2n) is 9.15. The van der Waals surface area contributed by atoms with Crippen molar-refractivity contribution in [2.45, 2.75) is 50.9 Å². The van der Waals surface area contributed by atoms with Gasteiger partial charge in [0, 0.05) is 24.2 Å². The van der Waals surface area contributed by atoms with Crippen LogP contribution in [0.1, 0.15) is 48.9 Å². The molecule has 0 radical (unpaired) electrons. The molecule has 194 valence electrons. The molecule has 3 aromatic rings. The number of ether oxygens (including phenoxy) is 2. The molecule has 0 saturated carbocycles. The molecule has 37 heavy (non-hydrogen) atoms. The summed E-state index contributed by atoms with van der Waals surface area (Å²) in [6.45, 7) is 4.77. The first-order chi connectivity index (χ1) is 17.4. The highest BCUT2D eigenvalue weighted by Gasteiger charge is 2.35. The first-order valence-electron chi connectivity index (χ1n) is 11.6. The van der Waals surface area contributed by atoms with Gasteiger partial charge in [-0.25, -0.2) is 4.98 Å². The van der Waals surface area contributed by atoms with Gasteiger partial charge in [-0.3, -0.25) is 4.79 Å². The maximum Gasteiger partial charge on any atom is 0.416 e. The van der Waals surface area contributed by atoms with Crippen LogP contribution >= 0.6 is 0 Å². The third-order valence-corrected chi connectivity index (χ3v) is 5.99. The number of methoxy groups -OCH3 is 1. The Kier molecular flexibility index (Phi) is 8.43. The summed E-state index contributed by atoms with van der Waals surface area (Å²) in [7, 11) is 1.58. The fraction of sp³-hybridized carbons (Fsp3) is 0.321. The van der Waals surface area contributed by atoms with Gasteiger partial charge in [-0.2, -0.15) is 18.4 Å². The SMILES string of the molecule is COc1ccc(CC(c2cccc(C#N)c2)C(C)NC(=O)C(C)(C)Oc2cc(C(F)(F)F)ccn2)cc1. The Morgan fingerprint density at radius 2 is 1.81 bits per heavy atom. The number of amides is 1. The van der Waals surface area contributed by atoms with E-state index in [-0.39, 0.29) is 11.8 Å². The highest BCUT2D eigenvalue weighted by Crippen LogP contribution is 2.31. The van der Waals surface area contributed by atoms with Gasteiger partial charge in [-0.1, -0.05) is 24.3 Å². The lowest BCUT2D eigenvalue weighted by Crippen LogP contribution is -2.51. The van der Waals surface area contributed by atoms with Crippen LogP contribution in [0.3, 0.4) is 0 Å². The molecule has 2 atom stereocenters. The van der Waals surface area contributed by atoms with Crippen LogP contribution in [0.2, 0.25) is 0 Å². The summed E-state index contributed by atoms with van der Waals surface area (Å²) in [5.74, 6) is -0.321. The highest BCUT2D eigenvalue weighted by atomic mass is 19.4. The average molecular weight is 512 g/mol. The van der Waals surface area contributed by atoms with Gasteiger partial charge in [0.05, 0.1) is 24.3 Å². The third kappa shape index (κ3) is 7.23. The average Bonchev–Trinajstić information content (AvgIpc) is 2.87. The Hall–Kier alpha value is -4.06. The number of halogens is 3. The van der Waals surface area contributed by atoms with Crippen molar-refractivity contribution in [1.29, 1.82) is 5.26 Å². The second kappa shape index (κ2) is 11.3. The van der Waals surface area contributed by atoms with Crippen molar-refractivity contribution in [3.05, 3.63) is 89.1 Å². The largest absolute Gasteiger partial charge is 0.497 e. The maximum atomic E-state index is 13.2. The topological polar surface area (TPSA) is 84.2 Å². The Morgan fingerprint density at radius 3 is 2.43 bits per heavy atom. The molecule has 0 aliphatic carbocycles. The monoisotopic (exact) mass is 511 g/mol. The van der Waals surface area contributed by atoms with E-state index in [1.807, 2.05) is 37.3 Å². The molecular formula is C28H28F3N3O3. The summed E-state index contributed by atoms with van der Waals surface area (Å²) >= 11 is 0. The van der Waals surface area contributed by atoms with E-state index in [4.69, 9.17) is 9.47 Å². The van der Waals surface area contributed by atoms with Crippen molar-refractivity contribution in [3.8, 4) is 17.7 Å². The molecule has 2 unspecified atom stereocenters. The first-order valence-corrected chi connectivity index (χ1v) is 11.6.